The zero-order chi connectivity index (χ0) is 16.2. The van der Waals surface area contributed by atoms with E-state index >= 15 is 0 Å². The third-order valence-corrected chi connectivity index (χ3v) is 6.22. The van der Waals surface area contributed by atoms with Gasteiger partial charge in [-0.05, 0) is 19.8 Å². The molecule has 1 amide bonds. The van der Waals surface area contributed by atoms with Crippen LogP contribution in [0.1, 0.15) is 39.0 Å². The van der Waals surface area contributed by atoms with Crippen LogP contribution in [0, 0.1) is 11.3 Å². The second kappa shape index (κ2) is 7.29. The molecule has 0 aliphatic heterocycles. The third kappa shape index (κ3) is 3.52. The predicted octanol–water partition coefficient (Wildman–Crippen LogP) is 2.75. The average Bonchev–Trinajstić information content (AvgIpc) is 3.01. The molecule has 1 atom stereocenters. The van der Waals surface area contributed by atoms with Gasteiger partial charge in [-0.15, -0.1) is 10.2 Å². The molecule has 1 fully saturated rings. The SMILES string of the molecule is CNc1nnc(S[C@H](C)C(=O)N(C)C2(C#N)CCCCC2)s1. The smallest absolute Gasteiger partial charge is 0.236 e. The van der Waals surface area contributed by atoms with Gasteiger partial charge in [-0.3, -0.25) is 4.79 Å². The molecule has 0 unspecified atom stereocenters. The Labute approximate surface area is 139 Å². The quantitative estimate of drug-likeness (QED) is 0.831. The summed E-state index contributed by atoms with van der Waals surface area (Å²) in [5.41, 5.74) is -0.637. The van der Waals surface area contributed by atoms with Gasteiger partial charge < -0.3 is 10.2 Å². The standard InChI is InChI=1S/C14H21N5OS2/c1-10(21-13-18-17-12(16-2)22-13)11(20)19(3)14(9-15)7-5-4-6-8-14/h10H,4-8H2,1-3H3,(H,16,17)/t10-/m1/s1. The molecule has 8 heteroatoms. The van der Waals surface area contributed by atoms with E-state index in [1.54, 1.807) is 19.0 Å². The number of carbonyl (C=O) groups excluding carboxylic acids is 1. The predicted molar refractivity (Wildman–Crippen MR) is 89.0 cm³/mol. The number of thioether (sulfide) groups is 1. The summed E-state index contributed by atoms with van der Waals surface area (Å²) in [4.78, 5) is 14.3. The molecule has 0 radical (unpaired) electrons. The number of nitrogens with zero attached hydrogens (tertiary/aromatic N) is 4. The van der Waals surface area contributed by atoms with E-state index in [1.807, 2.05) is 6.92 Å². The molecule has 6 nitrogen and oxygen atoms in total. The second-order valence-electron chi connectivity index (χ2n) is 5.48. The van der Waals surface area contributed by atoms with Crippen LogP contribution < -0.4 is 5.32 Å². The maximum Gasteiger partial charge on any atom is 0.236 e. The topological polar surface area (TPSA) is 81.9 Å². The molecule has 22 heavy (non-hydrogen) atoms. The number of rotatable bonds is 5. The van der Waals surface area contributed by atoms with Gasteiger partial charge in [-0.25, -0.2) is 0 Å². The molecule has 120 valence electrons. The average molecular weight is 339 g/mol. The van der Waals surface area contributed by atoms with Gasteiger partial charge in [-0.2, -0.15) is 5.26 Å². The molecule has 1 saturated carbocycles. The summed E-state index contributed by atoms with van der Waals surface area (Å²) in [6, 6.07) is 2.39. The molecule has 1 aromatic heterocycles. The Morgan fingerprint density at radius 2 is 2.14 bits per heavy atom. The molecule has 0 saturated heterocycles. The van der Waals surface area contributed by atoms with Crippen LogP contribution in [0.4, 0.5) is 5.13 Å². The molecule has 0 bridgehead atoms. The molecule has 1 aliphatic rings. The first kappa shape index (κ1) is 17.0. The fourth-order valence-electron chi connectivity index (χ4n) is 2.70. The Balaban J connectivity index is 2.04. The van der Waals surface area contributed by atoms with Gasteiger partial charge in [0.2, 0.25) is 11.0 Å². The van der Waals surface area contributed by atoms with Crippen LogP contribution >= 0.6 is 23.1 Å². The molecule has 2 rings (SSSR count). The number of hydrogen-bond donors (Lipinski definition) is 1. The van der Waals surface area contributed by atoms with E-state index < -0.39 is 5.54 Å². The highest BCUT2D eigenvalue weighted by molar-refractivity contribution is 8.02. The summed E-state index contributed by atoms with van der Waals surface area (Å²) in [5, 5.41) is 21.0. The van der Waals surface area contributed by atoms with Crippen molar-refractivity contribution >= 4 is 34.1 Å². The summed E-state index contributed by atoms with van der Waals surface area (Å²) >= 11 is 2.82. The highest BCUT2D eigenvalue weighted by Crippen LogP contribution is 2.35. The van der Waals surface area contributed by atoms with Gasteiger partial charge in [0.15, 0.2) is 4.34 Å². The maximum absolute atomic E-state index is 12.7. The first-order chi connectivity index (χ1) is 10.5. The normalized spacial score (nSPS) is 18.3. The van der Waals surface area contributed by atoms with Gasteiger partial charge in [0.25, 0.3) is 0 Å². The number of hydrogen-bond acceptors (Lipinski definition) is 7. The zero-order valence-electron chi connectivity index (χ0n) is 13.1. The van der Waals surface area contributed by atoms with Gasteiger partial charge in [-0.1, -0.05) is 42.4 Å². The molecule has 0 spiro atoms. The molecule has 0 aromatic carbocycles. The van der Waals surface area contributed by atoms with Crippen molar-refractivity contribution in [3.05, 3.63) is 0 Å². The van der Waals surface area contributed by atoms with E-state index in [1.165, 1.54) is 23.1 Å². The van der Waals surface area contributed by atoms with Crippen LogP contribution in [0.15, 0.2) is 4.34 Å². The van der Waals surface area contributed by atoms with E-state index in [2.05, 4.69) is 21.6 Å². The Morgan fingerprint density at radius 1 is 1.45 bits per heavy atom. The molecule has 1 heterocycles. The Kier molecular flexibility index (Phi) is 5.64. The van der Waals surface area contributed by atoms with Crippen molar-refractivity contribution in [2.24, 2.45) is 0 Å². The lowest BCUT2D eigenvalue weighted by Crippen LogP contribution is -2.52. The van der Waals surface area contributed by atoms with Crippen molar-refractivity contribution in [2.45, 2.75) is 54.2 Å². The zero-order valence-corrected chi connectivity index (χ0v) is 14.8. The van der Waals surface area contributed by atoms with Crippen LogP contribution in [-0.2, 0) is 4.79 Å². The first-order valence-corrected chi connectivity index (χ1v) is 9.09. The Bertz CT molecular complexity index is 562. The summed E-state index contributed by atoms with van der Waals surface area (Å²) < 4.78 is 0.758. The van der Waals surface area contributed by atoms with Crippen molar-refractivity contribution < 1.29 is 4.79 Å². The monoisotopic (exact) mass is 339 g/mol. The third-order valence-electron chi connectivity index (χ3n) is 4.11. The number of anilines is 1. The van der Waals surface area contributed by atoms with Gasteiger partial charge in [0, 0.05) is 14.1 Å². The maximum atomic E-state index is 12.7. The number of aromatic nitrogens is 2. The second-order valence-corrected chi connectivity index (χ2v) is 8.05. The fraction of sp³-hybridized carbons (Fsp3) is 0.714. The van der Waals surface area contributed by atoms with Crippen LogP contribution in [0.3, 0.4) is 0 Å². The minimum Gasteiger partial charge on any atom is -0.363 e. The molecule has 1 N–H and O–H groups in total. The Morgan fingerprint density at radius 3 is 2.68 bits per heavy atom. The van der Waals surface area contributed by atoms with Crippen LogP contribution in [0.5, 0.6) is 0 Å². The van der Waals surface area contributed by atoms with E-state index in [0.717, 1.165) is 41.6 Å². The number of nitriles is 1. The van der Waals surface area contributed by atoms with Crippen molar-refractivity contribution in [1.82, 2.24) is 15.1 Å². The highest BCUT2D eigenvalue weighted by atomic mass is 32.2. The summed E-state index contributed by atoms with van der Waals surface area (Å²) in [6.45, 7) is 1.86. The van der Waals surface area contributed by atoms with Crippen LogP contribution in [-0.4, -0.2) is 45.9 Å². The number of carbonyl (C=O) groups is 1. The lowest BCUT2D eigenvalue weighted by atomic mass is 9.81. The van der Waals surface area contributed by atoms with Gasteiger partial charge in [0.1, 0.15) is 5.54 Å². The summed E-state index contributed by atoms with van der Waals surface area (Å²) in [6.07, 6.45) is 4.70. The van der Waals surface area contributed by atoms with E-state index in [-0.39, 0.29) is 11.2 Å². The van der Waals surface area contributed by atoms with Crippen molar-refractivity contribution in [1.29, 1.82) is 5.26 Å². The van der Waals surface area contributed by atoms with Crippen molar-refractivity contribution in [3.63, 3.8) is 0 Å². The van der Waals surface area contributed by atoms with Gasteiger partial charge >= 0.3 is 0 Å². The lowest BCUT2D eigenvalue weighted by Gasteiger charge is -2.39. The lowest BCUT2D eigenvalue weighted by molar-refractivity contribution is -0.133. The minimum atomic E-state index is -0.637. The summed E-state index contributed by atoms with van der Waals surface area (Å²) in [5.74, 6) is -0.0188. The van der Waals surface area contributed by atoms with E-state index in [0.29, 0.717) is 0 Å². The van der Waals surface area contributed by atoms with E-state index in [9.17, 15) is 10.1 Å². The van der Waals surface area contributed by atoms with Crippen LogP contribution in [0.2, 0.25) is 0 Å². The summed E-state index contributed by atoms with van der Waals surface area (Å²) in [7, 11) is 3.55. The van der Waals surface area contributed by atoms with Crippen molar-refractivity contribution in [3.8, 4) is 6.07 Å². The Hall–Kier alpha value is -1.33. The fourth-order valence-corrected chi connectivity index (χ4v) is 4.64. The molecule has 1 aromatic rings. The highest BCUT2D eigenvalue weighted by Gasteiger charge is 2.40. The largest absolute Gasteiger partial charge is 0.363 e. The number of nitrogens with one attached hydrogen (secondary N) is 1. The van der Waals surface area contributed by atoms with Crippen LogP contribution in [0.25, 0.3) is 0 Å². The molecular formula is C14H21N5OS2. The van der Waals surface area contributed by atoms with E-state index in [4.69, 9.17) is 0 Å². The minimum absolute atomic E-state index is 0.0188. The number of amides is 1. The molecule has 1 aliphatic carbocycles. The van der Waals surface area contributed by atoms with Gasteiger partial charge in [0.05, 0.1) is 11.3 Å². The van der Waals surface area contributed by atoms with Crippen molar-refractivity contribution in [2.75, 3.05) is 19.4 Å². The molecular weight excluding hydrogens is 318 g/mol. The first-order valence-electron chi connectivity index (χ1n) is 7.39.